The van der Waals surface area contributed by atoms with Gasteiger partial charge in [0.15, 0.2) is 0 Å². The van der Waals surface area contributed by atoms with Gasteiger partial charge in [-0.25, -0.2) is 4.68 Å². The lowest BCUT2D eigenvalue weighted by Gasteiger charge is -2.07. The van der Waals surface area contributed by atoms with Gasteiger partial charge in [-0.2, -0.15) is 0 Å². The number of nitrogens with zero attached hydrogens (tertiary/aromatic N) is 5. The lowest BCUT2D eigenvalue weighted by atomic mass is 10.2. The Labute approximate surface area is 189 Å². The van der Waals surface area contributed by atoms with Crippen LogP contribution < -0.4 is 5.32 Å². The minimum absolute atomic E-state index is 0.580. The standard InChI is InChI=1S/C21H22Cl2N6S/c1-28-21(25-26-27-28)30-10-4-9-24-12-16-14-29(20-6-3-2-5-17(16)20)13-15-7-8-18(22)19(23)11-15/h2-3,5-8,11,14,24H,4,9-10,12-13H2,1H3. The first-order valence-electron chi connectivity index (χ1n) is 9.68. The first kappa shape index (κ1) is 21.2. The van der Waals surface area contributed by atoms with Crippen molar-refractivity contribution in [2.45, 2.75) is 24.7 Å². The topological polar surface area (TPSA) is 60.6 Å². The Morgan fingerprint density at radius 3 is 2.77 bits per heavy atom. The Bertz CT molecular complexity index is 1140. The van der Waals surface area contributed by atoms with Gasteiger partial charge in [0.1, 0.15) is 0 Å². The molecule has 0 aliphatic rings. The van der Waals surface area contributed by atoms with Crippen molar-refractivity contribution in [2.75, 3.05) is 12.3 Å². The van der Waals surface area contributed by atoms with Gasteiger partial charge in [-0.3, -0.25) is 0 Å². The third kappa shape index (κ3) is 4.98. The molecule has 0 bridgehead atoms. The normalized spacial score (nSPS) is 11.4. The number of para-hydroxylation sites is 1. The van der Waals surface area contributed by atoms with Crippen LogP contribution in [0.5, 0.6) is 0 Å². The zero-order chi connectivity index (χ0) is 20.9. The molecule has 6 nitrogen and oxygen atoms in total. The van der Waals surface area contributed by atoms with Gasteiger partial charge in [0, 0.05) is 43.0 Å². The van der Waals surface area contributed by atoms with E-state index in [0.29, 0.717) is 10.0 Å². The van der Waals surface area contributed by atoms with Crippen molar-refractivity contribution < 1.29 is 0 Å². The Kier molecular flexibility index (Phi) is 6.94. The summed E-state index contributed by atoms with van der Waals surface area (Å²) in [5.41, 5.74) is 3.63. The number of thioether (sulfide) groups is 1. The molecule has 4 aromatic rings. The monoisotopic (exact) mass is 460 g/mol. The van der Waals surface area contributed by atoms with Crippen molar-refractivity contribution in [3.05, 3.63) is 69.8 Å². The highest BCUT2D eigenvalue weighted by molar-refractivity contribution is 7.99. The van der Waals surface area contributed by atoms with E-state index < -0.39 is 0 Å². The highest BCUT2D eigenvalue weighted by Gasteiger charge is 2.09. The minimum atomic E-state index is 0.580. The summed E-state index contributed by atoms with van der Waals surface area (Å²) in [6.07, 6.45) is 3.26. The zero-order valence-electron chi connectivity index (χ0n) is 16.6. The number of tetrazole rings is 1. The van der Waals surface area contributed by atoms with Crippen LogP contribution in [0.4, 0.5) is 0 Å². The summed E-state index contributed by atoms with van der Waals surface area (Å²) in [5, 5.41) is 18.3. The summed E-state index contributed by atoms with van der Waals surface area (Å²) in [4.78, 5) is 0. The summed E-state index contributed by atoms with van der Waals surface area (Å²) in [6, 6.07) is 14.3. The SMILES string of the molecule is Cn1nnnc1SCCCNCc1cn(Cc2ccc(Cl)c(Cl)c2)c2ccccc12. The molecule has 30 heavy (non-hydrogen) atoms. The van der Waals surface area contributed by atoms with Crippen LogP contribution in [0, 0.1) is 0 Å². The molecule has 0 amide bonds. The zero-order valence-corrected chi connectivity index (χ0v) is 18.9. The average molecular weight is 461 g/mol. The van der Waals surface area contributed by atoms with Gasteiger partial charge in [0.05, 0.1) is 10.0 Å². The Morgan fingerprint density at radius 2 is 1.97 bits per heavy atom. The maximum absolute atomic E-state index is 6.19. The lowest BCUT2D eigenvalue weighted by Crippen LogP contribution is -2.15. The van der Waals surface area contributed by atoms with Gasteiger partial charge in [-0.1, -0.05) is 59.2 Å². The molecule has 0 aliphatic heterocycles. The van der Waals surface area contributed by atoms with E-state index in [4.69, 9.17) is 23.2 Å². The van der Waals surface area contributed by atoms with E-state index in [0.717, 1.165) is 42.5 Å². The molecule has 1 N–H and O–H groups in total. The van der Waals surface area contributed by atoms with Crippen molar-refractivity contribution in [3.8, 4) is 0 Å². The van der Waals surface area contributed by atoms with Gasteiger partial charge in [-0.05, 0) is 52.7 Å². The van der Waals surface area contributed by atoms with Gasteiger partial charge in [0.2, 0.25) is 5.16 Å². The van der Waals surface area contributed by atoms with E-state index in [1.807, 2.05) is 25.2 Å². The first-order chi connectivity index (χ1) is 14.6. The van der Waals surface area contributed by atoms with Crippen LogP contribution in [0.1, 0.15) is 17.5 Å². The highest BCUT2D eigenvalue weighted by atomic mass is 35.5. The van der Waals surface area contributed by atoms with Gasteiger partial charge in [-0.15, -0.1) is 5.10 Å². The summed E-state index contributed by atoms with van der Waals surface area (Å²) >= 11 is 13.9. The largest absolute Gasteiger partial charge is 0.343 e. The van der Waals surface area contributed by atoms with E-state index >= 15 is 0 Å². The molecule has 0 fully saturated rings. The molecule has 2 aromatic heterocycles. The molecular weight excluding hydrogens is 439 g/mol. The van der Waals surface area contributed by atoms with Crippen LogP contribution in [0.25, 0.3) is 10.9 Å². The van der Waals surface area contributed by atoms with Crippen LogP contribution in [-0.4, -0.2) is 37.1 Å². The van der Waals surface area contributed by atoms with Crippen molar-refractivity contribution in [1.82, 2.24) is 30.1 Å². The van der Waals surface area contributed by atoms with E-state index in [-0.39, 0.29) is 0 Å². The van der Waals surface area contributed by atoms with Crippen LogP contribution >= 0.6 is 35.0 Å². The number of hydrogen-bond donors (Lipinski definition) is 1. The predicted molar refractivity (Wildman–Crippen MR) is 123 cm³/mol. The molecule has 0 atom stereocenters. The van der Waals surface area contributed by atoms with E-state index in [2.05, 4.69) is 55.9 Å². The van der Waals surface area contributed by atoms with Crippen molar-refractivity contribution in [3.63, 3.8) is 0 Å². The molecule has 0 unspecified atom stereocenters. The fraction of sp³-hybridized carbons (Fsp3) is 0.286. The molecule has 0 spiro atoms. The Morgan fingerprint density at radius 1 is 1.10 bits per heavy atom. The molecule has 0 saturated heterocycles. The van der Waals surface area contributed by atoms with Gasteiger partial charge < -0.3 is 9.88 Å². The number of rotatable bonds is 9. The molecule has 4 rings (SSSR count). The number of nitrogens with one attached hydrogen (secondary N) is 1. The minimum Gasteiger partial charge on any atom is -0.343 e. The second-order valence-corrected chi connectivity index (χ2v) is 8.89. The van der Waals surface area contributed by atoms with Crippen molar-refractivity contribution in [2.24, 2.45) is 7.05 Å². The number of aromatic nitrogens is 5. The third-order valence-corrected chi connectivity index (χ3v) is 6.67. The molecule has 9 heteroatoms. The Balaban J connectivity index is 1.37. The maximum atomic E-state index is 6.19. The molecule has 0 saturated carbocycles. The average Bonchev–Trinajstić information content (AvgIpc) is 3.31. The number of hydrogen-bond acceptors (Lipinski definition) is 5. The first-order valence-corrected chi connectivity index (χ1v) is 11.4. The molecule has 0 aliphatic carbocycles. The lowest BCUT2D eigenvalue weighted by molar-refractivity contribution is 0.661. The highest BCUT2D eigenvalue weighted by Crippen LogP contribution is 2.26. The quantitative estimate of drug-likeness (QED) is 0.287. The van der Waals surface area contributed by atoms with Crippen molar-refractivity contribution in [1.29, 1.82) is 0 Å². The van der Waals surface area contributed by atoms with Crippen LogP contribution in [0.3, 0.4) is 0 Å². The molecule has 2 heterocycles. The predicted octanol–water partition coefficient (Wildman–Crippen LogP) is 4.79. The second kappa shape index (κ2) is 9.83. The van der Waals surface area contributed by atoms with Gasteiger partial charge in [0.25, 0.3) is 0 Å². The summed E-state index contributed by atoms with van der Waals surface area (Å²) in [5.74, 6) is 0.973. The van der Waals surface area contributed by atoms with E-state index in [1.54, 1.807) is 16.4 Å². The smallest absolute Gasteiger partial charge is 0.209 e. The summed E-state index contributed by atoms with van der Waals surface area (Å²) in [6.45, 7) is 2.51. The van der Waals surface area contributed by atoms with Gasteiger partial charge >= 0.3 is 0 Å². The summed E-state index contributed by atoms with van der Waals surface area (Å²) < 4.78 is 3.96. The molecule has 0 radical (unpaired) electrons. The molecule has 156 valence electrons. The van der Waals surface area contributed by atoms with E-state index in [9.17, 15) is 0 Å². The second-order valence-electron chi connectivity index (χ2n) is 7.01. The van der Waals surface area contributed by atoms with E-state index in [1.165, 1.54) is 16.5 Å². The molecular formula is C21H22Cl2N6S. The number of halogens is 2. The third-order valence-electron chi connectivity index (χ3n) is 4.83. The number of aryl methyl sites for hydroxylation is 1. The van der Waals surface area contributed by atoms with Crippen molar-refractivity contribution >= 4 is 45.9 Å². The van der Waals surface area contributed by atoms with Crippen LogP contribution in [0.2, 0.25) is 10.0 Å². The van der Waals surface area contributed by atoms with Crippen LogP contribution in [-0.2, 0) is 20.1 Å². The fourth-order valence-electron chi connectivity index (χ4n) is 3.36. The number of fused-ring (bicyclic) bond motifs is 1. The molecule has 2 aromatic carbocycles. The fourth-order valence-corrected chi connectivity index (χ4v) is 4.47. The maximum Gasteiger partial charge on any atom is 0.209 e. The van der Waals surface area contributed by atoms with Crippen LogP contribution in [0.15, 0.2) is 53.8 Å². The summed E-state index contributed by atoms with van der Waals surface area (Å²) in [7, 11) is 1.86. The Hall–Kier alpha value is -2.06. The number of benzene rings is 2.